The number of aryl methyl sites for hydroxylation is 1. The minimum atomic E-state index is -0.772. The molecule has 0 aliphatic carbocycles. The lowest BCUT2D eigenvalue weighted by Gasteiger charge is -2.09. The predicted molar refractivity (Wildman–Crippen MR) is 76.9 cm³/mol. The highest BCUT2D eigenvalue weighted by Crippen LogP contribution is 2.29. The summed E-state index contributed by atoms with van der Waals surface area (Å²) in [5, 5.41) is 14.1. The van der Waals surface area contributed by atoms with Crippen molar-refractivity contribution in [3.8, 4) is 5.75 Å². The zero-order valence-corrected chi connectivity index (χ0v) is 11.3. The topological polar surface area (TPSA) is 61.4 Å². The van der Waals surface area contributed by atoms with Gasteiger partial charge in [-0.15, -0.1) is 0 Å². The Hall–Kier alpha value is -2.27. The standard InChI is InChI=1S/C14H12ClFN2O2/c1-8-2-4-9(5-3-8)17-14(20)18-12-6-10(15)13(19)7-11(12)16/h2-7,19H,1H3,(H2,17,18,20). The molecule has 0 saturated heterocycles. The van der Waals surface area contributed by atoms with E-state index in [0.29, 0.717) is 5.69 Å². The molecule has 0 radical (unpaired) electrons. The molecule has 2 rings (SSSR count). The van der Waals surface area contributed by atoms with E-state index in [1.165, 1.54) is 0 Å². The molecule has 0 saturated carbocycles. The third-order valence-electron chi connectivity index (χ3n) is 2.59. The van der Waals surface area contributed by atoms with Crippen LogP contribution in [0.15, 0.2) is 36.4 Å². The predicted octanol–water partition coefficient (Wildman–Crippen LogP) is 4.14. The number of anilines is 2. The quantitative estimate of drug-likeness (QED) is 0.729. The first-order valence-corrected chi connectivity index (χ1v) is 6.16. The minimum Gasteiger partial charge on any atom is -0.506 e. The van der Waals surface area contributed by atoms with Crippen LogP contribution in [0.25, 0.3) is 0 Å². The van der Waals surface area contributed by atoms with Gasteiger partial charge in [-0.25, -0.2) is 9.18 Å². The number of halogens is 2. The molecular weight excluding hydrogens is 283 g/mol. The number of phenolic OH excluding ortho intramolecular Hbond substituents is 1. The molecule has 0 spiro atoms. The number of urea groups is 1. The summed E-state index contributed by atoms with van der Waals surface area (Å²) in [6.07, 6.45) is 0. The highest BCUT2D eigenvalue weighted by atomic mass is 35.5. The van der Waals surface area contributed by atoms with Crippen LogP contribution < -0.4 is 10.6 Å². The number of amides is 2. The molecule has 20 heavy (non-hydrogen) atoms. The number of benzene rings is 2. The van der Waals surface area contributed by atoms with Crippen LogP contribution in [0.2, 0.25) is 5.02 Å². The van der Waals surface area contributed by atoms with Crippen LogP contribution in [0.4, 0.5) is 20.6 Å². The second-order valence-corrected chi connectivity index (χ2v) is 4.64. The van der Waals surface area contributed by atoms with Crippen molar-refractivity contribution in [1.82, 2.24) is 0 Å². The van der Waals surface area contributed by atoms with Gasteiger partial charge in [0.1, 0.15) is 5.75 Å². The molecule has 0 atom stereocenters. The fourth-order valence-corrected chi connectivity index (χ4v) is 1.72. The van der Waals surface area contributed by atoms with Crippen molar-refractivity contribution in [3.63, 3.8) is 0 Å². The van der Waals surface area contributed by atoms with Crippen molar-refractivity contribution >= 4 is 29.0 Å². The summed E-state index contributed by atoms with van der Waals surface area (Å²) in [6, 6.07) is 8.52. The summed E-state index contributed by atoms with van der Waals surface area (Å²) >= 11 is 5.66. The second-order valence-electron chi connectivity index (χ2n) is 4.23. The first-order valence-electron chi connectivity index (χ1n) is 5.78. The monoisotopic (exact) mass is 294 g/mol. The van der Waals surface area contributed by atoms with Crippen molar-refractivity contribution in [2.45, 2.75) is 6.92 Å². The number of nitrogens with one attached hydrogen (secondary N) is 2. The number of carbonyl (C=O) groups excluding carboxylic acids is 1. The zero-order chi connectivity index (χ0) is 14.7. The Morgan fingerprint density at radius 1 is 1.20 bits per heavy atom. The molecule has 0 aliphatic rings. The Morgan fingerprint density at radius 2 is 1.85 bits per heavy atom. The van der Waals surface area contributed by atoms with Gasteiger partial charge >= 0.3 is 6.03 Å². The van der Waals surface area contributed by atoms with Crippen LogP contribution in [-0.4, -0.2) is 11.1 Å². The fraction of sp³-hybridized carbons (Fsp3) is 0.0714. The molecule has 4 nitrogen and oxygen atoms in total. The van der Waals surface area contributed by atoms with Gasteiger partial charge in [-0.3, -0.25) is 0 Å². The third kappa shape index (κ3) is 3.39. The Balaban J connectivity index is 2.08. The van der Waals surface area contributed by atoms with Crippen LogP contribution in [0.1, 0.15) is 5.56 Å². The number of phenols is 1. The van der Waals surface area contributed by atoms with Gasteiger partial charge in [-0.1, -0.05) is 29.3 Å². The van der Waals surface area contributed by atoms with E-state index in [4.69, 9.17) is 11.6 Å². The number of aromatic hydroxyl groups is 1. The number of hydrogen-bond donors (Lipinski definition) is 3. The second kappa shape index (κ2) is 5.79. The summed E-state index contributed by atoms with van der Waals surface area (Å²) in [6.45, 7) is 1.93. The molecule has 6 heteroatoms. The smallest absolute Gasteiger partial charge is 0.323 e. The van der Waals surface area contributed by atoms with Gasteiger partial charge in [0.25, 0.3) is 0 Å². The van der Waals surface area contributed by atoms with Crippen molar-refractivity contribution in [2.24, 2.45) is 0 Å². The fourth-order valence-electron chi connectivity index (χ4n) is 1.55. The van der Waals surface area contributed by atoms with Crippen LogP contribution in [-0.2, 0) is 0 Å². The van der Waals surface area contributed by atoms with Gasteiger partial charge in [-0.05, 0) is 25.1 Å². The minimum absolute atomic E-state index is 0.0444. The molecule has 0 heterocycles. The van der Waals surface area contributed by atoms with E-state index in [9.17, 15) is 14.3 Å². The average Bonchev–Trinajstić information content (AvgIpc) is 2.39. The molecule has 0 unspecified atom stereocenters. The molecule has 0 aliphatic heterocycles. The molecule has 2 amide bonds. The number of rotatable bonds is 2. The highest BCUT2D eigenvalue weighted by Gasteiger charge is 2.10. The van der Waals surface area contributed by atoms with Gasteiger partial charge in [0.15, 0.2) is 5.82 Å². The van der Waals surface area contributed by atoms with E-state index >= 15 is 0 Å². The summed E-state index contributed by atoms with van der Waals surface area (Å²) in [4.78, 5) is 11.7. The molecule has 0 bridgehead atoms. The normalized spacial score (nSPS) is 10.2. The first-order chi connectivity index (χ1) is 9.45. The van der Waals surface area contributed by atoms with E-state index < -0.39 is 11.8 Å². The van der Waals surface area contributed by atoms with Crippen LogP contribution in [0.3, 0.4) is 0 Å². The summed E-state index contributed by atoms with van der Waals surface area (Å²) < 4.78 is 13.5. The molecule has 3 N–H and O–H groups in total. The average molecular weight is 295 g/mol. The summed E-state index contributed by atoms with van der Waals surface area (Å²) in [5.41, 5.74) is 1.53. The van der Waals surface area contributed by atoms with Gasteiger partial charge in [0.05, 0.1) is 10.7 Å². The van der Waals surface area contributed by atoms with Gasteiger partial charge in [0.2, 0.25) is 0 Å². The van der Waals surface area contributed by atoms with Crippen molar-refractivity contribution < 1.29 is 14.3 Å². The number of hydrogen-bond acceptors (Lipinski definition) is 2. The molecule has 0 aromatic heterocycles. The SMILES string of the molecule is Cc1ccc(NC(=O)Nc2cc(Cl)c(O)cc2F)cc1. The summed E-state index contributed by atoms with van der Waals surface area (Å²) in [5.74, 6) is -1.15. The lowest BCUT2D eigenvalue weighted by Crippen LogP contribution is -2.20. The van der Waals surface area contributed by atoms with Crippen molar-refractivity contribution in [2.75, 3.05) is 10.6 Å². The van der Waals surface area contributed by atoms with Gasteiger partial charge in [0, 0.05) is 11.8 Å². The Labute approximate surface area is 120 Å². The third-order valence-corrected chi connectivity index (χ3v) is 2.90. The Morgan fingerprint density at radius 3 is 2.50 bits per heavy atom. The Bertz CT molecular complexity index is 644. The summed E-state index contributed by atoms with van der Waals surface area (Å²) in [7, 11) is 0. The van der Waals surface area contributed by atoms with Crippen molar-refractivity contribution in [1.29, 1.82) is 0 Å². The molecule has 0 fully saturated rings. The van der Waals surface area contributed by atoms with Crippen molar-refractivity contribution in [3.05, 3.63) is 52.8 Å². The zero-order valence-electron chi connectivity index (χ0n) is 10.6. The molecule has 104 valence electrons. The van der Waals surface area contributed by atoms with E-state index in [0.717, 1.165) is 17.7 Å². The molecule has 2 aromatic carbocycles. The Kier molecular flexibility index (Phi) is 4.10. The van der Waals surface area contributed by atoms with Gasteiger partial charge < -0.3 is 15.7 Å². The lowest BCUT2D eigenvalue weighted by atomic mass is 10.2. The van der Waals surface area contributed by atoms with Crippen LogP contribution in [0.5, 0.6) is 5.75 Å². The van der Waals surface area contributed by atoms with Gasteiger partial charge in [-0.2, -0.15) is 0 Å². The van der Waals surface area contributed by atoms with E-state index in [1.807, 2.05) is 19.1 Å². The van der Waals surface area contributed by atoms with Crippen LogP contribution in [0, 0.1) is 12.7 Å². The molecular formula is C14H12ClFN2O2. The van der Waals surface area contributed by atoms with E-state index in [1.54, 1.807) is 12.1 Å². The maximum Gasteiger partial charge on any atom is 0.323 e. The lowest BCUT2D eigenvalue weighted by molar-refractivity contribution is 0.262. The largest absolute Gasteiger partial charge is 0.506 e. The van der Waals surface area contributed by atoms with E-state index in [-0.39, 0.29) is 16.5 Å². The maximum atomic E-state index is 13.5. The highest BCUT2D eigenvalue weighted by molar-refractivity contribution is 6.32. The van der Waals surface area contributed by atoms with E-state index in [2.05, 4.69) is 10.6 Å². The first kappa shape index (κ1) is 14.1. The molecule has 2 aromatic rings. The van der Waals surface area contributed by atoms with Crippen LogP contribution >= 0.6 is 11.6 Å². The number of carbonyl (C=O) groups is 1. The maximum absolute atomic E-state index is 13.5.